The Balaban J connectivity index is 2.99. The molecule has 0 atom stereocenters. The largest absolute Gasteiger partial charge is 0.398 e. The van der Waals surface area contributed by atoms with E-state index in [0.717, 1.165) is 0 Å². The maximum Gasteiger partial charge on any atom is 0.357 e. The predicted octanol–water partition coefficient (Wildman–Crippen LogP) is 1.14. The van der Waals surface area contributed by atoms with E-state index in [9.17, 15) is 8.42 Å². The number of hydrogen-bond donors (Lipinski definition) is 3. The van der Waals surface area contributed by atoms with Gasteiger partial charge in [-0.15, -0.1) is 0 Å². The van der Waals surface area contributed by atoms with Gasteiger partial charge in [-0.1, -0.05) is 11.6 Å². The van der Waals surface area contributed by atoms with E-state index < -0.39 is 10.3 Å². The number of hydrogen-bond acceptors (Lipinski definition) is 3. The molecule has 7 heteroatoms. The van der Waals surface area contributed by atoms with Gasteiger partial charge in [-0.25, -0.2) is 0 Å². The third-order valence-electron chi connectivity index (χ3n) is 1.25. The van der Waals surface area contributed by atoms with Gasteiger partial charge in [0.2, 0.25) is 0 Å². The van der Waals surface area contributed by atoms with Crippen LogP contribution in [0.4, 0.5) is 11.4 Å². The summed E-state index contributed by atoms with van der Waals surface area (Å²) in [7, 11) is -4.26. The summed E-state index contributed by atoms with van der Waals surface area (Å²) in [4.78, 5) is 0. The van der Waals surface area contributed by atoms with Gasteiger partial charge in [0.05, 0.1) is 16.4 Å². The van der Waals surface area contributed by atoms with Gasteiger partial charge in [0.1, 0.15) is 0 Å². The van der Waals surface area contributed by atoms with E-state index >= 15 is 0 Å². The molecule has 0 radical (unpaired) electrons. The highest BCUT2D eigenvalue weighted by Gasteiger charge is 2.04. The Hall–Kier alpha value is -0.980. The first kappa shape index (κ1) is 10.1. The molecule has 0 bridgehead atoms. The molecule has 0 heterocycles. The second-order valence-electron chi connectivity index (χ2n) is 2.31. The van der Waals surface area contributed by atoms with Crippen LogP contribution >= 0.6 is 11.6 Å². The molecule has 0 fully saturated rings. The Morgan fingerprint density at radius 2 is 2.08 bits per heavy atom. The molecule has 4 N–H and O–H groups in total. The molecule has 0 amide bonds. The Bertz CT molecular complexity index is 418. The fourth-order valence-corrected chi connectivity index (χ4v) is 1.34. The number of nitrogens with one attached hydrogen (secondary N) is 1. The molecule has 72 valence electrons. The van der Waals surface area contributed by atoms with Crippen LogP contribution in [-0.2, 0) is 10.3 Å². The van der Waals surface area contributed by atoms with Crippen molar-refractivity contribution in [1.82, 2.24) is 0 Å². The lowest BCUT2D eigenvalue weighted by molar-refractivity contribution is 0.490. The van der Waals surface area contributed by atoms with Crippen LogP contribution in [0.15, 0.2) is 18.2 Å². The molecule has 0 spiro atoms. The first-order valence-corrected chi connectivity index (χ1v) is 5.00. The highest BCUT2D eigenvalue weighted by molar-refractivity contribution is 7.87. The monoisotopic (exact) mass is 222 g/mol. The number of halogens is 1. The molecule has 0 aliphatic carbocycles. The van der Waals surface area contributed by atoms with Crippen molar-refractivity contribution in [3.8, 4) is 0 Å². The summed E-state index contributed by atoms with van der Waals surface area (Å²) in [6.07, 6.45) is 0. The lowest BCUT2D eigenvalue weighted by Gasteiger charge is -2.03. The standard InChI is InChI=1S/C6H7ClN2O3S/c7-5-3-4(1-2-6(5)8)9-13(10,11)12/h1-3,9H,8H2,(H,10,11,12). The van der Waals surface area contributed by atoms with Crippen LogP contribution in [0.5, 0.6) is 0 Å². The van der Waals surface area contributed by atoms with Crippen LogP contribution in [0.1, 0.15) is 0 Å². The van der Waals surface area contributed by atoms with Crippen molar-refractivity contribution in [3.63, 3.8) is 0 Å². The molecule has 0 saturated carbocycles. The molecular weight excluding hydrogens is 216 g/mol. The third-order valence-corrected chi connectivity index (χ3v) is 2.07. The number of benzene rings is 1. The van der Waals surface area contributed by atoms with E-state index in [-0.39, 0.29) is 10.7 Å². The second kappa shape index (κ2) is 3.41. The quantitative estimate of drug-likeness (QED) is 0.517. The van der Waals surface area contributed by atoms with E-state index in [0.29, 0.717) is 5.69 Å². The molecule has 0 aliphatic rings. The van der Waals surface area contributed by atoms with E-state index in [1.165, 1.54) is 18.2 Å². The van der Waals surface area contributed by atoms with Crippen molar-refractivity contribution >= 4 is 33.3 Å². The van der Waals surface area contributed by atoms with Crippen LogP contribution in [0.2, 0.25) is 5.02 Å². The third kappa shape index (κ3) is 3.10. The zero-order chi connectivity index (χ0) is 10.1. The minimum atomic E-state index is -4.26. The summed E-state index contributed by atoms with van der Waals surface area (Å²) in [5, 5.41) is 0.216. The molecule has 13 heavy (non-hydrogen) atoms. The summed E-state index contributed by atoms with van der Waals surface area (Å²) in [5.74, 6) is 0. The molecule has 0 aromatic heterocycles. The maximum absolute atomic E-state index is 10.4. The average molecular weight is 223 g/mol. The lowest BCUT2D eigenvalue weighted by Crippen LogP contribution is -2.10. The van der Waals surface area contributed by atoms with Gasteiger partial charge in [0, 0.05) is 0 Å². The Kier molecular flexibility index (Phi) is 2.65. The average Bonchev–Trinajstić information content (AvgIpc) is 1.94. The van der Waals surface area contributed by atoms with Gasteiger partial charge in [0.15, 0.2) is 0 Å². The minimum absolute atomic E-state index is 0.154. The fourth-order valence-electron chi connectivity index (χ4n) is 0.740. The molecule has 1 aromatic carbocycles. The molecule has 0 aliphatic heterocycles. The summed E-state index contributed by atoms with van der Waals surface area (Å²) in [6.45, 7) is 0. The van der Waals surface area contributed by atoms with Gasteiger partial charge in [-0.05, 0) is 18.2 Å². The van der Waals surface area contributed by atoms with Crippen molar-refractivity contribution in [2.75, 3.05) is 10.5 Å². The Morgan fingerprint density at radius 1 is 1.46 bits per heavy atom. The van der Waals surface area contributed by atoms with Crippen molar-refractivity contribution in [3.05, 3.63) is 23.2 Å². The molecule has 1 aromatic rings. The van der Waals surface area contributed by atoms with Crippen molar-refractivity contribution in [1.29, 1.82) is 0 Å². The SMILES string of the molecule is Nc1ccc(NS(=O)(=O)O)cc1Cl. The van der Waals surface area contributed by atoms with Gasteiger partial charge < -0.3 is 5.73 Å². The van der Waals surface area contributed by atoms with E-state index in [1.807, 2.05) is 4.72 Å². The Morgan fingerprint density at radius 3 is 2.54 bits per heavy atom. The van der Waals surface area contributed by atoms with Gasteiger partial charge >= 0.3 is 10.3 Å². The zero-order valence-electron chi connectivity index (χ0n) is 6.36. The minimum Gasteiger partial charge on any atom is -0.398 e. The molecule has 5 nitrogen and oxygen atoms in total. The maximum atomic E-state index is 10.4. The summed E-state index contributed by atoms with van der Waals surface area (Å²) in [6, 6.07) is 4.11. The van der Waals surface area contributed by atoms with Gasteiger partial charge in [-0.3, -0.25) is 9.27 Å². The van der Waals surface area contributed by atoms with Crippen molar-refractivity contribution in [2.24, 2.45) is 0 Å². The fraction of sp³-hybridized carbons (Fsp3) is 0. The zero-order valence-corrected chi connectivity index (χ0v) is 7.93. The van der Waals surface area contributed by atoms with Gasteiger partial charge in [0.25, 0.3) is 0 Å². The van der Waals surface area contributed by atoms with Crippen LogP contribution in [0.3, 0.4) is 0 Å². The number of nitrogens with two attached hydrogens (primary N) is 1. The van der Waals surface area contributed by atoms with E-state index in [4.69, 9.17) is 21.9 Å². The van der Waals surface area contributed by atoms with Gasteiger partial charge in [-0.2, -0.15) is 8.42 Å². The van der Waals surface area contributed by atoms with Crippen molar-refractivity contribution < 1.29 is 13.0 Å². The second-order valence-corrected chi connectivity index (χ2v) is 3.87. The number of nitrogen functional groups attached to an aromatic ring is 1. The summed E-state index contributed by atoms with van der Waals surface area (Å²) in [5.41, 5.74) is 5.87. The Labute approximate surface area is 80.4 Å². The van der Waals surface area contributed by atoms with Crippen molar-refractivity contribution in [2.45, 2.75) is 0 Å². The lowest BCUT2D eigenvalue weighted by atomic mass is 10.3. The van der Waals surface area contributed by atoms with E-state index in [2.05, 4.69) is 0 Å². The van der Waals surface area contributed by atoms with E-state index in [1.54, 1.807) is 0 Å². The highest BCUT2D eigenvalue weighted by Crippen LogP contribution is 2.22. The highest BCUT2D eigenvalue weighted by atomic mass is 35.5. The molecular formula is C6H7ClN2O3S. The molecule has 0 saturated heterocycles. The normalized spacial score (nSPS) is 11.2. The summed E-state index contributed by atoms with van der Waals surface area (Å²) < 4.78 is 31.0. The van der Waals surface area contributed by atoms with Crippen LogP contribution in [-0.4, -0.2) is 13.0 Å². The predicted molar refractivity (Wildman–Crippen MR) is 51.0 cm³/mol. The first-order chi connectivity index (χ1) is 5.88. The number of anilines is 2. The van der Waals surface area contributed by atoms with Crippen LogP contribution < -0.4 is 10.5 Å². The topological polar surface area (TPSA) is 92.4 Å². The molecule has 1 rings (SSSR count). The smallest absolute Gasteiger partial charge is 0.357 e. The summed E-state index contributed by atoms with van der Waals surface area (Å²) >= 11 is 5.60. The first-order valence-electron chi connectivity index (χ1n) is 3.19. The van der Waals surface area contributed by atoms with Crippen LogP contribution in [0, 0.1) is 0 Å². The molecule has 0 unspecified atom stereocenters. The van der Waals surface area contributed by atoms with Crippen LogP contribution in [0.25, 0.3) is 0 Å². The number of rotatable bonds is 2.